The molecule has 2 aliphatic carbocycles. The van der Waals surface area contributed by atoms with E-state index >= 15 is 0 Å². The van der Waals surface area contributed by atoms with Gasteiger partial charge in [0.25, 0.3) is 0 Å². The second-order valence-corrected chi connectivity index (χ2v) is 12.4. The Hall–Kier alpha value is -4.75. The summed E-state index contributed by atoms with van der Waals surface area (Å²) in [5.41, 5.74) is -0.646. The fourth-order valence-corrected chi connectivity index (χ4v) is 6.74. The van der Waals surface area contributed by atoms with Crippen molar-refractivity contribution in [1.82, 2.24) is 24.8 Å². The normalized spacial score (nSPS) is 22.7. The summed E-state index contributed by atoms with van der Waals surface area (Å²) in [6.45, 7) is 2.37. The van der Waals surface area contributed by atoms with Crippen molar-refractivity contribution in [3.63, 3.8) is 0 Å². The number of rotatable bonds is 12. The van der Waals surface area contributed by atoms with E-state index in [4.69, 9.17) is 31.3 Å². The Labute approximate surface area is 270 Å². The smallest absolute Gasteiger partial charge is 0.306 e. The molecule has 0 bridgehead atoms. The molecular weight excluding hydrogens is 644 g/mol. The zero-order chi connectivity index (χ0) is 33.2. The molecule has 1 amide bonds. The van der Waals surface area contributed by atoms with Gasteiger partial charge >= 0.3 is 23.9 Å². The minimum absolute atomic E-state index is 0.146. The first-order valence-corrected chi connectivity index (χ1v) is 15.5. The fraction of sp³-hybridized carbons (Fsp3) is 0.448. The molecule has 5 rings (SSSR count). The van der Waals surface area contributed by atoms with Crippen molar-refractivity contribution in [3.05, 3.63) is 33.5 Å². The number of halogens is 1. The standard InChI is InChI=1S/C29H29ClN6O9S/c1-3-32-26-22-27(35-17(34-26)7-5-14-4-6-16(30)46-14)36(13-33-22)23-15-12-29(15,28(43)31-2)25(45-21(42)11-9-19(39)40)24(23)44-20(41)10-8-18(37)38/h4,6,13,15,23-25H,3,8-12H2,1-2H3,(H,31,43)(H,37,38)(H,39,40)(H,32,34,35)/t15?,23?,24-,25-,29-/m0/s1. The van der Waals surface area contributed by atoms with Gasteiger partial charge in [-0.3, -0.25) is 24.0 Å². The molecular formula is C29H29ClN6O9S. The van der Waals surface area contributed by atoms with Crippen molar-refractivity contribution in [2.24, 2.45) is 11.3 Å². The number of thiophene rings is 1. The van der Waals surface area contributed by atoms with Gasteiger partial charge in [-0.05, 0) is 37.3 Å². The zero-order valence-corrected chi connectivity index (χ0v) is 26.2. The molecule has 46 heavy (non-hydrogen) atoms. The maximum absolute atomic E-state index is 13.4. The van der Waals surface area contributed by atoms with E-state index in [2.05, 4.69) is 37.4 Å². The summed E-state index contributed by atoms with van der Waals surface area (Å²) in [6.07, 6.45) is -2.85. The van der Waals surface area contributed by atoms with Gasteiger partial charge in [-0.2, -0.15) is 0 Å². The number of imidazole rings is 1. The molecule has 2 fully saturated rings. The van der Waals surface area contributed by atoms with Crippen LogP contribution in [0.5, 0.6) is 0 Å². The molecule has 3 heterocycles. The summed E-state index contributed by atoms with van der Waals surface area (Å²) in [5.74, 6) is 1.25. The molecule has 2 saturated carbocycles. The maximum Gasteiger partial charge on any atom is 0.306 e. The number of carbonyl (C=O) groups excluding carboxylic acids is 3. The lowest BCUT2D eigenvalue weighted by Gasteiger charge is -2.31. The first-order valence-electron chi connectivity index (χ1n) is 14.3. The van der Waals surface area contributed by atoms with E-state index in [9.17, 15) is 24.0 Å². The van der Waals surface area contributed by atoms with Crippen LogP contribution in [0.25, 0.3) is 11.2 Å². The highest BCUT2D eigenvalue weighted by atomic mass is 35.5. The van der Waals surface area contributed by atoms with Crippen LogP contribution >= 0.6 is 22.9 Å². The first kappa shape index (κ1) is 32.6. The number of aromatic nitrogens is 4. The molecule has 0 saturated heterocycles. The van der Waals surface area contributed by atoms with Crippen LogP contribution in [0, 0.1) is 23.2 Å². The van der Waals surface area contributed by atoms with E-state index in [1.807, 2.05) is 6.92 Å². The minimum atomic E-state index is -1.31. The van der Waals surface area contributed by atoms with Crippen LogP contribution in [0.1, 0.15) is 55.8 Å². The van der Waals surface area contributed by atoms with Gasteiger partial charge in [0.2, 0.25) is 11.7 Å². The molecule has 5 atom stereocenters. The van der Waals surface area contributed by atoms with Crippen LogP contribution in [0.15, 0.2) is 18.5 Å². The van der Waals surface area contributed by atoms with Gasteiger partial charge in [-0.1, -0.05) is 11.6 Å². The lowest BCUT2D eigenvalue weighted by atomic mass is 9.97. The number of fused-ring (bicyclic) bond motifs is 2. The van der Waals surface area contributed by atoms with Crippen molar-refractivity contribution in [3.8, 4) is 11.8 Å². The molecule has 3 aromatic heterocycles. The van der Waals surface area contributed by atoms with Gasteiger partial charge in [0.15, 0.2) is 29.2 Å². The van der Waals surface area contributed by atoms with Crippen LogP contribution < -0.4 is 10.6 Å². The molecule has 0 spiro atoms. The first-order chi connectivity index (χ1) is 22.0. The lowest BCUT2D eigenvalue weighted by molar-refractivity contribution is -0.175. The van der Waals surface area contributed by atoms with Gasteiger partial charge in [-0.25, -0.2) is 15.0 Å². The molecule has 2 aliphatic rings. The predicted octanol–water partition coefficient (Wildman–Crippen LogP) is 2.23. The number of anilines is 1. The van der Waals surface area contributed by atoms with Crippen LogP contribution in [0.3, 0.4) is 0 Å². The molecule has 2 unspecified atom stereocenters. The highest BCUT2D eigenvalue weighted by Crippen LogP contribution is 2.69. The van der Waals surface area contributed by atoms with Crippen LogP contribution in [0.2, 0.25) is 4.34 Å². The molecule has 3 aromatic rings. The van der Waals surface area contributed by atoms with E-state index in [0.717, 1.165) is 0 Å². The third kappa shape index (κ3) is 6.46. The molecule has 0 aliphatic heterocycles. The number of nitrogens with one attached hydrogen (secondary N) is 2. The Morgan fingerprint density at radius 1 is 1.07 bits per heavy atom. The van der Waals surface area contributed by atoms with Crippen molar-refractivity contribution >= 4 is 69.7 Å². The van der Waals surface area contributed by atoms with E-state index < -0.39 is 85.1 Å². The van der Waals surface area contributed by atoms with E-state index in [1.165, 1.54) is 24.7 Å². The summed E-state index contributed by atoms with van der Waals surface area (Å²) in [6, 6.07) is 2.64. The second-order valence-electron chi connectivity index (χ2n) is 10.7. The van der Waals surface area contributed by atoms with Gasteiger partial charge in [0, 0.05) is 19.5 Å². The highest BCUT2D eigenvalue weighted by molar-refractivity contribution is 7.16. The van der Waals surface area contributed by atoms with Gasteiger partial charge < -0.3 is 34.9 Å². The summed E-state index contributed by atoms with van der Waals surface area (Å²) >= 11 is 7.32. The van der Waals surface area contributed by atoms with Crippen molar-refractivity contribution in [1.29, 1.82) is 0 Å². The number of hydrogen-bond donors (Lipinski definition) is 4. The number of carbonyl (C=O) groups is 5. The predicted molar refractivity (Wildman–Crippen MR) is 162 cm³/mol. The Bertz CT molecular complexity index is 1780. The van der Waals surface area contributed by atoms with Gasteiger partial charge in [0.1, 0.15) is 0 Å². The Morgan fingerprint density at radius 3 is 2.37 bits per heavy atom. The topological polar surface area (TPSA) is 212 Å². The number of amides is 1. The number of carboxylic acid groups (broad SMARTS) is 2. The monoisotopic (exact) mass is 672 g/mol. The van der Waals surface area contributed by atoms with E-state index in [1.54, 1.807) is 16.7 Å². The highest BCUT2D eigenvalue weighted by Gasteiger charge is 2.78. The van der Waals surface area contributed by atoms with Crippen molar-refractivity contribution in [2.45, 2.75) is 57.3 Å². The molecule has 17 heteroatoms. The summed E-state index contributed by atoms with van der Waals surface area (Å²) < 4.78 is 13.7. The number of hydrogen-bond acceptors (Lipinski definition) is 12. The molecule has 0 radical (unpaired) electrons. The SMILES string of the molecule is CCNc1nc(C#Cc2ccc(Cl)s2)nc2c1ncn2C1C2C[C@@]2(C(=O)NC)[C@@H](OC(=O)CCC(=O)O)[C@H]1OC(=O)CCC(=O)O. The maximum atomic E-state index is 13.4. The molecule has 242 valence electrons. The Morgan fingerprint density at radius 2 is 1.76 bits per heavy atom. The van der Waals surface area contributed by atoms with E-state index in [0.29, 0.717) is 32.7 Å². The number of aliphatic carboxylic acids is 2. The van der Waals surface area contributed by atoms with Crippen molar-refractivity contribution < 1.29 is 43.7 Å². The largest absolute Gasteiger partial charge is 0.481 e. The average Bonchev–Trinajstić information content (AvgIpc) is 3.24. The number of nitrogens with zero attached hydrogens (tertiary/aromatic N) is 4. The fourth-order valence-electron chi connectivity index (χ4n) is 5.85. The number of esters is 2. The third-order valence-corrected chi connectivity index (χ3v) is 8.98. The number of ether oxygens (including phenoxy) is 2. The summed E-state index contributed by atoms with van der Waals surface area (Å²) in [4.78, 5) is 75.7. The Balaban J connectivity index is 1.60. The van der Waals surface area contributed by atoms with Gasteiger partial charge in [-0.15, -0.1) is 11.3 Å². The summed E-state index contributed by atoms with van der Waals surface area (Å²) in [5, 5.41) is 23.9. The van der Waals surface area contributed by atoms with Gasteiger partial charge in [0.05, 0.1) is 52.7 Å². The molecule has 4 N–H and O–H groups in total. The summed E-state index contributed by atoms with van der Waals surface area (Å²) in [7, 11) is 1.42. The molecule has 15 nitrogen and oxygen atoms in total. The van der Waals surface area contributed by atoms with Crippen molar-refractivity contribution in [2.75, 3.05) is 18.9 Å². The third-order valence-electron chi connectivity index (χ3n) is 7.83. The van der Waals surface area contributed by atoms with E-state index in [-0.39, 0.29) is 12.2 Å². The number of carboxylic acids is 2. The lowest BCUT2D eigenvalue weighted by Crippen LogP contribution is -2.46. The van der Waals surface area contributed by atoms with Crippen LogP contribution in [-0.4, -0.2) is 85.3 Å². The minimum Gasteiger partial charge on any atom is -0.481 e. The Kier molecular flexibility index (Phi) is 9.44. The zero-order valence-electron chi connectivity index (χ0n) is 24.6. The second kappa shape index (κ2) is 13.3. The average molecular weight is 673 g/mol. The molecule has 0 aromatic carbocycles. The van der Waals surface area contributed by atoms with Crippen LogP contribution in [-0.2, 0) is 33.4 Å². The van der Waals surface area contributed by atoms with Crippen LogP contribution in [0.4, 0.5) is 5.82 Å². The quantitative estimate of drug-likeness (QED) is 0.161.